The van der Waals surface area contributed by atoms with Crippen molar-refractivity contribution in [3.05, 3.63) is 35.4 Å². The van der Waals surface area contributed by atoms with Crippen molar-refractivity contribution in [3.8, 4) is 0 Å². The highest BCUT2D eigenvalue weighted by Crippen LogP contribution is 2.24. The van der Waals surface area contributed by atoms with Crippen LogP contribution in [0.25, 0.3) is 0 Å². The molecule has 0 saturated carbocycles. The van der Waals surface area contributed by atoms with Crippen LogP contribution in [0.4, 0.5) is 0 Å². The molecule has 0 saturated heterocycles. The van der Waals surface area contributed by atoms with Crippen LogP contribution in [0.15, 0.2) is 24.3 Å². The second kappa shape index (κ2) is 6.49. The minimum atomic E-state index is -0.606. The summed E-state index contributed by atoms with van der Waals surface area (Å²) in [4.78, 5) is 41.2. The minimum Gasteiger partial charge on any atom is -0.385 e. The molecule has 0 spiro atoms. The number of hydroxylamine groups is 2. The van der Waals surface area contributed by atoms with Gasteiger partial charge in [0.25, 0.3) is 11.8 Å². The maximum Gasteiger partial charge on any atom is 0.336 e. The zero-order chi connectivity index (χ0) is 15.4. The van der Waals surface area contributed by atoms with Crippen LogP contribution >= 0.6 is 0 Å². The standard InChI is InChI=1S/C15H17NO5/c1-3-10(8-9-20-2)15(19)21-16-13(17)11-6-4-5-7-12(11)14(16)18/h4-7,10H,3,8-9H2,1-2H3. The molecule has 0 aromatic heterocycles. The van der Waals surface area contributed by atoms with Crippen LogP contribution in [-0.2, 0) is 14.4 Å². The van der Waals surface area contributed by atoms with Crippen molar-refractivity contribution < 1.29 is 24.0 Å². The summed E-state index contributed by atoms with van der Waals surface area (Å²) in [5.74, 6) is -2.21. The lowest BCUT2D eigenvalue weighted by Crippen LogP contribution is -2.35. The fourth-order valence-corrected chi connectivity index (χ4v) is 2.16. The maximum atomic E-state index is 12.1. The molecule has 0 N–H and O–H groups in total. The van der Waals surface area contributed by atoms with E-state index in [1.54, 1.807) is 19.2 Å². The number of carbonyl (C=O) groups is 3. The van der Waals surface area contributed by atoms with E-state index < -0.39 is 23.7 Å². The maximum absolute atomic E-state index is 12.1. The smallest absolute Gasteiger partial charge is 0.336 e. The molecule has 6 nitrogen and oxygen atoms in total. The SMILES string of the molecule is CCC(CCOC)C(=O)ON1C(=O)c2ccccc2C1=O. The van der Waals surface area contributed by atoms with Gasteiger partial charge in [-0.2, -0.15) is 0 Å². The van der Waals surface area contributed by atoms with Gasteiger partial charge < -0.3 is 9.57 Å². The van der Waals surface area contributed by atoms with Gasteiger partial charge in [0.05, 0.1) is 17.0 Å². The van der Waals surface area contributed by atoms with Gasteiger partial charge >= 0.3 is 5.97 Å². The van der Waals surface area contributed by atoms with Crippen molar-refractivity contribution in [2.45, 2.75) is 19.8 Å². The molecular formula is C15H17NO5. The van der Waals surface area contributed by atoms with E-state index in [1.165, 1.54) is 12.1 Å². The molecule has 2 rings (SSSR count). The summed E-state index contributed by atoms with van der Waals surface area (Å²) in [5.41, 5.74) is 0.500. The van der Waals surface area contributed by atoms with E-state index in [0.717, 1.165) is 0 Å². The number of ether oxygens (including phenoxy) is 1. The summed E-state index contributed by atoms with van der Waals surface area (Å²) in [7, 11) is 1.54. The molecule has 1 aliphatic rings. The average molecular weight is 291 g/mol. The lowest BCUT2D eigenvalue weighted by molar-refractivity contribution is -0.174. The zero-order valence-electron chi connectivity index (χ0n) is 12.0. The van der Waals surface area contributed by atoms with Crippen LogP contribution in [0.3, 0.4) is 0 Å². The second-order valence-corrected chi connectivity index (χ2v) is 4.75. The Morgan fingerprint density at radius 2 is 1.76 bits per heavy atom. The Morgan fingerprint density at radius 1 is 1.19 bits per heavy atom. The van der Waals surface area contributed by atoms with E-state index in [4.69, 9.17) is 9.57 Å². The van der Waals surface area contributed by atoms with Gasteiger partial charge in [0.15, 0.2) is 0 Å². The molecule has 0 radical (unpaired) electrons. The number of methoxy groups -OCH3 is 1. The zero-order valence-corrected chi connectivity index (χ0v) is 12.0. The first-order valence-electron chi connectivity index (χ1n) is 6.78. The van der Waals surface area contributed by atoms with E-state index >= 15 is 0 Å². The number of fused-ring (bicyclic) bond motifs is 1. The van der Waals surface area contributed by atoms with Crippen molar-refractivity contribution in [1.29, 1.82) is 0 Å². The van der Waals surface area contributed by atoms with E-state index in [2.05, 4.69) is 0 Å². The largest absolute Gasteiger partial charge is 0.385 e. The number of carbonyl (C=O) groups excluding carboxylic acids is 3. The molecule has 1 heterocycles. The Hall–Kier alpha value is -2.21. The van der Waals surface area contributed by atoms with E-state index in [0.29, 0.717) is 24.5 Å². The Balaban J connectivity index is 2.09. The van der Waals surface area contributed by atoms with Crippen LogP contribution in [0.2, 0.25) is 0 Å². The fraction of sp³-hybridized carbons (Fsp3) is 0.400. The third-order valence-corrected chi connectivity index (χ3v) is 3.43. The van der Waals surface area contributed by atoms with Gasteiger partial charge in [0.2, 0.25) is 0 Å². The molecule has 1 aromatic rings. The predicted molar refractivity (Wildman–Crippen MR) is 73.3 cm³/mol. The van der Waals surface area contributed by atoms with Crippen molar-refractivity contribution in [2.24, 2.45) is 5.92 Å². The first kappa shape index (κ1) is 15.2. The number of hydrogen-bond acceptors (Lipinski definition) is 5. The Kier molecular flexibility index (Phi) is 4.70. The van der Waals surface area contributed by atoms with Crippen LogP contribution in [0.1, 0.15) is 40.5 Å². The highest BCUT2D eigenvalue weighted by molar-refractivity contribution is 6.20. The number of amides is 2. The minimum absolute atomic E-state index is 0.250. The van der Waals surface area contributed by atoms with Crippen LogP contribution in [-0.4, -0.2) is 36.6 Å². The summed E-state index contributed by atoms with van der Waals surface area (Å²) < 4.78 is 4.93. The molecule has 6 heteroatoms. The second-order valence-electron chi connectivity index (χ2n) is 4.75. The first-order valence-corrected chi connectivity index (χ1v) is 6.78. The van der Waals surface area contributed by atoms with Gasteiger partial charge in [-0.25, -0.2) is 4.79 Å². The highest BCUT2D eigenvalue weighted by Gasteiger charge is 2.39. The molecule has 0 bridgehead atoms. The molecule has 0 fully saturated rings. The fourth-order valence-electron chi connectivity index (χ4n) is 2.16. The summed E-state index contributed by atoms with van der Waals surface area (Å²) >= 11 is 0. The molecular weight excluding hydrogens is 274 g/mol. The van der Waals surface area contributed by atoms with Gasteiger partial charge in [-0.15, -0.1) is 0 Å². The molecule has 2 amide bonds. The number of nitrogens with zero attached hydrogens (tertiary/aromatic N) is 1. The molecule has 112 valence electrons. The number of hydrogen-bond donors (Lipinski definition) is 0. The molecule has 21 heavy (non-hydrogen) atoms. The summed E-state index contributed by atoms with van der Waals surface area (Å²) in [6.07, 6.45) is 1.03. The topological polar surface area (TPSA) is 72.9 Å². The predicted octanol–water partition coefficient (Wildman–Crippen LogP) is 1.80. The molecule has 1 aliphatic heterocycles. The third kappa shape index (κ3) is 2.95. The number of imide groups is 1. The molecule has 0 aliphatic carbocycles. The van der Waals surface area contributed by atoms with Gasteiger partial charge in [-0.1, -0.05) is 24.1 Å². The van der Waals surface area contributed by atoms with E-state index in [9.17, 15) is 14.4 Å². The monoisotopic (exact) mass is 291 g/mol. The van der Waals surface area contributed by atoms with E-state index in [1.807, 2.05) is 6.92 Å². The summed E-state index contributed by atoms with van der Waals surface area (Å²) in [5, 5.41) is 0.544. The number of rotatable bonds is 6. The van der Waals surface area contributed by atoms with Crippen molar-refractivity contribution in [3.63, 3.8) is 0 Å². The van der Waals surface area contributed by atoms with Crippen LogP contribution in [0, 0.1) is 5.92 Å². The van der Waals surface area contributed by atoms with Gasteiger partial charge in [0.1, 0.15) is 0 Å². The molecule has 1 atom stereocenters. The van der Waals surface area contributed by atoms with Crippen molar-refractivity contribution in [2.75, 3.05) is 13.7 Å². The quantitative estimate of drug-likeness (QED) is 0.747. The lowest BCUT2D eigenvalue weighted by atomic mass is 10.0. The molecule has 1 aromatic carbocycles. The highest BCUT2D eigenvalue weighted by atomic mass is 16.7. The number of benzene rings is 1. The Bertz CT molecular complexity index is 534. The Morgan fingerprint density at radius 3 is 2.24 bits per heavy atom. The van der Waals surface area contributed by atoms with Gasteiger partial charge in [-0.05, 0) is 25.0 Å². The van der Waals surface area contributed by atoms with Crippen molar-refractivity contribution in [1.82, 2.24) is 5.06 Å². The Labute approximate surface area is 122 Å². The summed E-state index contributed by atoms with van der Waals surface area (Å²) in [6.45, 7) is 2.25. The van der Waals surface area contributed by atoms with Crippen molar-refractivity contribution >= 4 is 17.8 Å². The van der Waals surface area contributed by atoms with Gasteiger partial charge in [0, 0.05) is 13.7 Å². The first-order chi connectivity index (χ1) is 10.1. The summed E-state index contributed by atoms with van der Waals surface area (Å²) in [6, 6.07) is 6.38. The van der Waals surface area contributed by atoms with Crippen LogP contribution in [0.5, 0.6) is 0 Å². The lowest BCUT2D eigenvalue weighted by Gasteiger charge is -2.17. The van der Waals surface area contributed by atoms with Gasteiger partial charge in [-0.3, -0.25) is 9.59 Å². The molecule has 1 unspecified atom stereocenters. The average Bonchev–Trinajstić information content (AvgIpc) is 2.74. The van der Waals surface area contributed by atoms with E-state index in [-0.39, 0.29) is 11.1 Å². The third-order valence-electron chi connectivity index (χ3n) is 3.43. The van der Waals surface area contributed by atoms with Crippen LogP contribution < -0.4 is 0 Å². The normalized spacial score (nSPS) is 15.0.